The molecule has 1 aliphatic rings. The van der Waals surface area contributed by atoms with Crippen LogP contribution < -0.4 is 25.4 Å². The predicted molar refractivity (Wildman–Crippen MR) is 172 cm³/mol. The normalized spacial score (nSPS) is 14.2. The van der Waals surface area contributed by atoms with Crippen molar-refractivity contribution in [2.45, 2.75) is 38.3 Å². The molecule has 3 aromatic rings. The molecule has 1 saturated heterocycles. The van der Waals surface area contributed by atoms with Gasteiger partial charge in [0.15, 0.2) is 11.5 Å². The third kappa shape index (κ3) is 8.36. The Hall–Kier alpha value is -5.04. The fourth-order valence-corrected chi connectivity index (χ4v) is 5.35. The Morgan fingerprint density at radius 1 is 1.00 bits per heavy atom. The van der Waals surface area contributed by atoms with Crippen molar-refractivity contribution in [3.8, 4) is 11.5 Å². The summed E-state index contributed by atoms with van der Waals surface area (Å²) in [6.45, 7) is 0.805. The number of nitrogens with zero attached hydrogens (tertiary/aromatic N) is 3. The minimum atomic E-state index is -0.916. The molecule has 1 aromatic heterocycles. The Labute approximate surface area is 267 Å². The van der Waals surface area contributed by atoms with E-state index >= 15 is 0 Å². The summed E-state index contributed by atoms with van der Waals surface area (Å²) in [7, 11) is 6.91. The maximum absolute atomic E-state index is 13.2. The van der Waals surface area contributed by atoms with Crippen LogP contribution in [0.25, 0.3) is 10.9 Å². The Morgan fingerprint density at radius 3 is 2.52 bits per heavy atom. The highest BCUT2D eigenvalue weighted by molar-refractivity contribution is 6.38. The number of Topliss-reactive ketones (excluding diaryl/α,β-unsaturated/α-hetero) is 1. The molecule has 0 bridgehead atoms. The average molecular weight is 633 g/mol. The number of carbonyl (C=O) groups excluding carboxylic acids is 5. The van der Waals surface area contributed by atoms with Crippen LogP contribution in [0.15, 0.2) is 48.7 Å². The predicted octanol–water partition coefficient (Wildman–Crippen LogP) is 2.14. The van der Waals surface area contributed by atoms with Crippen LogP contribution in [0.4, 0.5) is 5.69 Å². The van der Waals surface area contributed by atoms with E-state index in [0.717, 1.165) is 6.54 Å². The number of likely N-dealkylation sites (tertiary alicyclic amines) is 1. The topological polar surface area (TPSA) is 159 Å². The minimum Gasteiger partial charge on any atom is -0.493 e. The molecule has 13 nitrogen and oxygen atoms in total. The Balaban J connectivity index is 1.35. The van der Waals surface area contributed by atoms with Crippen LogP contribution in [0.3, 0.4) is 0 Å². The van der Waals surface area contributed by atoms with E-state index in [4.69, 9.17) is 9.47 Å². The number of rotatable bonds is 14. The number of pyridine rings is 1. The summed E-state index contributed by atoms with van der Waals surface area (Å²) in [5.41, 5.74) is 1.93. The van der Waals surface area contributed by atoms with Crippen molar-refractivity contribution in [3.63, 3.8) is 0 Å². The summed E-state index contributed by atoms with van der Waals surface area (Å²) in [5, 5.41) is 8.64. The SMILES string of the molecule is COc1ccc(CNC(=O)C(=O)[C@@H]2CCCN2C(=O)CNC(=O)c2ccnc3c(NC(=O)CCCN(C)C)cccc23)cc1OC. The number of hydrogen-bond acceptors (Lipinski definition) is 9. The molecule has 4 rings (SSSR count). The lowest BCUT2D eigenvalue weighted by molar-refractivity contribution is -0.144. The molecule has 3 N–H and O–H groups in total. The second-order valence-electron chi connectivity index (χ2n) is 11.2. The number of benzene rings is 2. The Kier molecular flexibility index (Phi) is 11.6. The molecule has 0 unspecified atom stereocenters. The van der Waals surface area contributed by atoms with Gasteiger partial charge in [0.05, 0.1) is 37.5 Å². The molecule has 13 heteroatoms. The maximum Gasteiger partial charge on any atom is 0.289 e. The molecule has 2 aromatic carbocycles. The molecule has 244 valence electrons. The smallest absolute Gasteiger partial charge is 0.289 e. The van der Waals surface area contributed by atoms with E-state index in [2.05, 4.69) is 20.9 Å². The molecular weight excluding hydrogens is 592 g/mol. The van der Waals surface area contributed by atoms with Crippen molar-refractivity contribution in [1.29, 1.82) is 0 Å². The van der Waals surface area contributed by atoms with E-state index in [1.165, 1.54) is 31.4 Å². The van der Waals surface area contributed by atoms with Crippen LogP contribution in [-0.2, 0) is 25.7 Å². The standard InChI is InChI=1S/C33H40N6O7/c1-38(2)16-7-11-28(40)37-24-9-5-8-22-23(14-15-34-30(22)24)32(43)36-20-29(41)39-17-6-10-25(39)31(42)33(44)35-19-21-12-13-26(45-3)27(18-21)46-4/h5,8-9,12-15,18,25H,6-7,10-11,16-17,19-20H2,1-4H3,(H,35,44)(H,36,43)(H,37,40)/t25-/m0/s1. The van der Waals surface area contributed by atoms with Crippen molar-refractivity contribution in [2.24, 2.45) is 0 Å². The van der Waals surface area contributed by atoms with E-state index in [1.54, 1.807) is 36.4 Å². The second-order valence-corrected chi connectivity index (χ2v) is 11.2. The summed E-state index contributed by atoms with van der Waals surface area (Å²) in [6.07, 6.45) is 3.41. The number of anilines is 1. The van der Waals surface area contributed by atoms with Gasteiger partial charge in [0, 0.05) is 31.1 Å². The molecule has 0 spiro atoms. The molecule has 2 heterocycles. The highest BCUT2D eigenvalue weighted by Crippen LogP contribution is 2.28. The van der Waals surface area contributed by atoms with Gasteiger partial charge < -0.3 is 35.2 Å². The monoisotopic (exact) mass is 632 g/mol. The lowest BCUT2D eigenvalue weighted by Gasteiger charge is -2.23. The van der Waals surface area contributed by atoms with Crippen molar-refractivity contribution >= 4 is 46.0 Å². The second kappa shape index (κ2) is 15.8. The van der Waals surface area contributed by atoms with E-state index in [0.29, 0.717) is 65.9 Å². The summed E-state index contributed by atoms with van der Waals surface area (Å²) in [5.74, 6) is -1.61. The van der Waals surface area contributed by atoms with E-state index in [-0.39, 0.29) is 24.6 Å². The highest BCUT2D eigenvalue weighted by atomic mass is 16.5. The third-order valence-electron chi connectivity index (χ3n) is 7.70. The highest BCUT2D eigenvalue weighted by Gasteiger charge is 2.37. The molecule has 0 saturated carbocycles. The first-order valence-corrected chi connectivity index (χ1v) is 15.1. The minimum absolute atomic E-state index is 0.0867. The number of ketones is 1. The lowest BCUT2D eigenvalue weighted by atomic mass is 10.1. The van der Waals surface area contributed by atoms with Crippen LogP contribution in [0.2, 0.25) is 0 Å². The number of carbonyl (C=O) groups is 5. The van der Waals surface area contributed by atoms with Crippen molar-refractivity contribution in [2.75, 3.05) is 53.3 Å². The number of ether oxygens (including phenoxy) is 2. The summed E-state index contributed by atoms with van der Waals surface area (Å²) in [4.78, 5) is 72.3. The molecule has 4 amide bonds. The summed E-state index contributed by atoms with van der Waals surface area (Å²) < 4.78 is 10.5. The Morgan fingerprint density at radius 2 is 1.78 bits per heavy atom. The van der Waals surface area contributed by atoms with Gasteiger partial charge in [-0.3, -0.25) is 29.0 Å². The van der Waals surface area contributed by atoms with Gasteiger partial charge in [-0.25, -0.2) is 0 Å². The average Bonchev–Trinajstić information content (AvgIpc) is 3.55. The first kappa shape index (κ1) is 33.8. The molecular formula is C33H40N6O7. The number of nitrogens with one attached hydrogen (secondary N) is 3. The molecule has 1 aliphatic heterocycles. The van der Waals surface area contributed by atoms with Gasteiger partial charge in [0.1, 0.15) is 6.04 Å². The molecule has 1 atom stereocenters. The number of aromatic nitrogens is 1. The van der Waals surface area contributed by atoms with Gasteiger partial charge in [-0.1, -0.05) is 18.2 Å². The van der Waals surface area contributed by atoms with Crippen LogP contribution in [-0.4, -0.2) is 98.2 Å². The molecule has 46 heavy (non-hydrogen) atoms. The summed E-state index contributed by atoms with van der Waals surface area (Å²) in [6, 6.07) is 10.9. The molecule has 0 aliphatic carbocycles. The maximum atomic E-state index is 13.2. The number of hydrogen-bond donors (Lipinski definition) is 3. The van der Waals surface area contributed by atoms with Gasteiger partial charge in [0.25, 0.3) is 11.8 Å². The zero-order valence-corrected chi connectivity index (χ0v) is 26.6. The van der Waals surface area contributed by atoms with Crippen LogP contribution >= 0.6 is 0 Å². The third-order valence-corrected chi connectivity index (χ3v) is 7.70. The molecule has 0 radical (unpaired) electrons. The number of fused-ring (bicyclic) bond motifs is 1. The lowest BCUT2D eigenvalue weighted by Crippen LogP contribution is -2.49. The zero-order valence-electron chi connectivity index (χ0n) is 26.6. The zero-order chi connectivity index (χ0) is 33.2. The first-order valence-electron chi connectivity index (χ1n) is 15.1. The van der Waals surface area contributed by atoms with Gasteiger partial charge >= 0.3 is 0 Å². The van der Waals surface area contributed by atoms with E-state index in [1.807, 2.05) is 19.0 Å². The van der Waals surface area contributed by atoms with Crippen molar-refractivity contribution in [3.05, 3.63) is 59.8 Å². The quantitative estimate of drug-likeness (QED) is 0.226. The van der Waals surface area contributed by atoms with Gasteiger partial charge in [-0.15, -0.1) is 0 Å². The van der Waals surface area contributed by atoms with Gasteiger partial charge in [0.2, 0.25) is 17.6 Å². The largest absolute Gasteiger partial charge is 0.493 e. The van der Waals surface area contributed by atoms with E-state index in [9.17, 15) is 24.0 Å². The van der Waals surface area contributed by atoms with Crippen LogP contribution in [0, 0.1) is 0 Å². The fraction of sp³-hybridized carbons (Fsp3) is 0.394. The summed E-state index contributed by atoms with van der Waals surface area (Å²) >= 11 is 0. The Bertz CT molecular complexity index is 1610. The van der Waals surface area contributed by atoms with Gasteiger partial charge in [-0.05, 0) is 69.7 Å². The van der Waals surface area contributed by atoms with Crippen LogP contribution in [0.1, 0.15) is 41.6 Å². The number of amides is 4. The number of methoxy groups -OCH3 is 2. The van der Waals surface area contributed by atoms with Crippen molar-refractivity contribution < 1.29 is 33.4 Å². The van der Waals surface area contributed by atoms with Crippen LogP contribution in [0.5, 0.6) is 11.5 Å². The molecule has 1 fully saturated rings. The van der Waals surface area contributed by atoms with E-state index < -0.39 is 29.5 Å². The van der Waals surface area contributed by atoms with Crippen molar-refractivity contribution in [1.82, 2.24) is 25.4 Å². The number of para-hydroxylation sites is 1. The first-order chi connectivity index (χ1) is 22.1. The fourth-order valence-electron chi connectivity index (χ4n) is 5.35. The van der Waals surface area contributed by atoms with Gasteiger partial charge in [-0.2, -0.15) is 0 Å².